The maximum Gasteiger partial charge on any atom is 0.271 e. The summed E-state index contributed by atoms with van der Waals surface area (Å²) in [5, 5.41) is 14.5. The van der Waals surface area contributed by atoms with Gasteiger partial charge in [-0.1, -0.05) is 23.2 Å². The molecular formula is C19H21Cl2N3O2. The van der Waals surface area contributed by atoms with Gasteiger partial charge in [0, 0.05) is 34.9 Å². The first-order valence-electron chi connectivity index (χ1n) is 8.25. The van der Waals surface area contributed by atoms with Crippen molar-refractivity contribution in [1.82, 2.24) is 5.43 Å². The average molecular weight is 394 g/mol. The van der Waals surface area contributed by atoms with E-state index in [4.69, 9.17) is 23.2 Å². The molecule has 1 amide bonds. The van der Waals surface area contributed by atoms with Crippen molar-refractivity contribution in [1.29, 1.82) is 0 Å². The van der Waals surface area contributed by atoms with Crippen LogP contribution in [0.3, 0.4) is 0 Å². The Balaban J connectivity index is 2.14. The van der Waals surface area contributed by atoms with Gasteiger partial charge >= 0.3 is 0 Å². The van der Waals surface area contributed by atoms with E-state index in [-0.39, 0.29) is 16.7 Å². The van der Waals surface area contributed by atoms with E-state index in [1.165, 1.54) is 12.1 Å². The van der Waals surface area contributed by atoms with Crippen LogP contribution in [0.5, 0.6) is 5.75 Å². The smallest absolute Gasteiger partial charge is 0.271 e. The average Bonchev–Trinajstić information content (AvgIpc) is 2.64. The Labute approximate surface area is 163 Å². The number of hydrogen-bond donors (Lipinski definition) is 2. The Morgan fingerprint density at radius 1 is 1.15 bits per heavy atom. The van der Waals surface area contributed by atoms with Gasteiger partial charge in [0.25, 0.3) is 5.91 Å². The number of benzene rings is 2. The summed E-state index contributed by atoms with van der Waals surface area (Å²) in [5.74, 6) is -0.474. The number of phenolic OH excluding ortho intramolecular Hbond substituents is 1. The summed E-state index contributed by atoms with van der Waals surface area (Å²) in [7, 11) is 0. The molecule has 2 aromatic rings. The van der Waals surface area contributed by atoms with Gasteiger partial charge in [-0.15, -0.1) is 0 Å². The lowest BCUT2D eigenvalue weighted by Crippen LogP contribution is -2.22. The summed E-state index contributed by atoms with van der Waals surface area (Å²) >= 11 is 11.9. The van der Waals surface area contributed by atoms with E-state index in [0.29, 0.717) is 21.9 Å². The van der Waals surface area contributed by atoms with Crippen LogP contribution in [0.4, 0.5) is 5.69 Å². The summed E-state index contributed by atoms with van der Waals surface area (Å²) in [4.78, 5) is 14.5. The second-order valence-corrected chi connectivity index (χ2v) is 6.48. The van der Waals surface area contributed by atoms with Crippen LogP contribution < -0.4 is 10.3 Å². The number of phenols is 1. The van der Waals surface area contributed by atoms with Crippen LogP contribution in [0.1, 0.15) is 36.7 Å². The minimum atomic E-state index is -0.344. The molecular weight excluding hydrogens is 373 g/mol. The predicted molar refractivity (Wildman–Crippen MR) is 108 cm³/mol. The number of nitrogens with zero attached hydrogens (tertiary/aromatic N) is 2. The lowest BCUT2D eigenvalue weighted by molar-refractivity contribution is 0.0955. The van der Waals surface area contributed by atoms with Crippen LogP contribution in [0.2, 0.25) is 10.0 Å². The summed E-state index contributed by atoms with van der Waals surface area (Å²) < 4.78 is 0. The highest BCUT2D eigenvalue weighted by atomic mass is 35.5. The van der Waals surface area contributed by atoms with Gasteiger partial charge in [-0.3, -0.25) is 4.79 Å². The zero-order valence-corrected chi connectivity index (χ0v) is 16.4. The zero-order valence-electron chi connectivity index (χ0n) is 14.9. The molecule has 5 nitrogen and oxygen atoms in total. The molecule has 0 aliphatic carbocycles. The molecule has 0 fully saturated rings. The molecule has 7 heteroatoms. The monoisotopic (exact) mass is 393 g/mol. The molecule has 0 aromatic heterocycles. The number of carbonyl (C=O) groups excluding carboxylic acids is 1. The molecule has 2 N–H and O–H groups in total. The Bertz CT molecular complexity index is 816. The van der Waals surface area contributed by atoms with Gasteiger partial charge < -0.3 is 10.0 Å². The van der Waals surface area contributed by atoms with Gasteiger partial charge in [-0.25, -0.2) is 5.43 Å². The first kappa shape index (κ1) is 20.1. The van der Waals surface area contributed by atoms with Crippen molar-refractivity contribution in [2.75, 3.05) is 18.0 Å². The fraction of sp³-hybridized carbons (Fsp3) is 0.263. The number of hydrogen-bond acceptors (Lipinski definition) is 4. The largest absolute Gasteiger partial charge is 0.506 e. The lowest BCUT2D eigenvalue weighted by atomic mass is 10.1. The summed E-state index contributed by atoms with van der Waals surface area (Å²) in [5.41, 5.74) is 4.78. The van der Waals surface area contributed by atoms with E-state index in [0.717, 1.165) is 18.8 Å². The highest BCUT2D eigenvalue weighted by molar-refractivity contribution is 6.36. The molecule has 0 spiro atoms. The minimum absolute atomic E-state index is 0.125. The SMILES string of the molecule is CCN(CC)c1ccc(C(=O)NN=C(C)c2cc(Cl)cc(Cl)c2O)cc1. The number of carbonyl (C=O) groups is 1. The summed E-state index contributed by atoms with van der Waals surface area (Å²) in [6, 6.07) is 10.3. The topological polar surface area (TPSA) is 64.9 Å². The van der Waals surface area contributed by atoms with E-state index < -0.39 is 0 Å². The molecule has 0 bridgehead atoms. The lowest BCUT2D eigenvalue weighted by Gasteiger charge is -2.20. The third kappa shape index (κ3) is 4.68. The van der Waals surface area contributed by atoms with Crippen molar-refractivity contribution in [3.63, 3.8) is 0 Å². The van der Waals surface area contributed by atoms with Gasteiger partial charge in [0.15, 0.2) is 0 Å². The van der Waals surface area contributed by atoms with Crippen molar-refractivity contribution in [2.45, 2.75) is 20.8 Å². The molecule has 26 heavy (non-hydrogen) atoms. The van der Waals surface area contributed by atoms with Crippen molar-refractivity contribution in [3.8, 4) is 5.75 Å². The quantitative estimate of drug-likeness (QED) is 0.552. The molecule has 0 radical (unpaired) electrons. The van der Waals surface area contributed by atoms with E-state index >= 15 is 0 Å². The summed E-state index contributed by atoms with van der Waals surface area (Å²) in [6.45, 7) is 7.61. The second kappa shape index (κ2) is 8.92. The van der Waals surface area contributed by atoms with Crippen molar-refractivity contribution < 1.29 is 9.90 Å². The van der Waals surface area contributed by atoms with Crippen LogP contribution in [-0.4, -0.2) is 29.8 Å². The molecule has 0 unspecified atom stereocenters. The number of anilines is 1. The predicted octanol–water partition coefficient (Wildman–Crippen LogP) is 4.70. The fourth-order valence-corrected chi connectivity index (χ4v) is 3.01. The van der Waals surface area contributed by atoms with E-state index in [9.17, 15) is 9.90 Å². The molecule has 2 aromatic carbocycles. The van der Waals surface area contributed by atoms with Gasteiger partial charge in [0.1, 0.15) is 5.75 Å². The van der Waals surface area contributed by atoms with Crippen LogP contribution in [0.15, 0.2) is 41.5 Å². The fourth-order valence-electron chi connectivity index (χ4n) is 2.51. The van der Waals surface area contributed by atoms with Crippen LogP contribution in [0.25, 0.3) is 0 Å². The molecule has 0 heterocycles. The van der Waals surface area contributed by atoms with Crippen molar-refractivity contribution >= 4 is 40.5 Å². The second-order valence-electron chi connectivity index (χ2n) is 5.64. The van der Waals surface area contributed by atoms with E-state index in [1.54, 1.807) is 19.1 Å². The van der Waals surface area contributed by atoms with E-state index in [2.05, 4.69) is 29.3 Å². The normalized spacial score (nSPS) is 11.3. The van der Waals surface area contributed by atoms with Gasteiger partial charge in [0.2, 0.25) is 0 Å². The highest BCUT2D eigenvalue weighted by Crippen LogP contribution is 2.31. The van der Waals surface area contributed by atoms with E-state index in [1.807, 2.05) is 12.1 Å². The highest BCUT2D eigenvalue weighted by Gasteiger charge is 2.12. The van der Waals surface area contributed by atoms with Gasteiger partial charge in [-0.2, -0.15) is 5.10 Å². The molecule has 0 saturated heterocycles. The maximum absolute atomic E-state index is 12.3. The standard InChI is InChI=1S/C19H21Cl2N3O2/c1-4-24(5-2)15-8-6-13(7-9-15)19(26)23-22-12(3)16-10-14(20)11-17(21)18(16)25/h6-11,25H,4-5H2,1-3H3,(H,23,26). The Morgan fingerprint density at radius 2 is 1.77 bits per heavy atom. The molecule has 0 aliphatic rings. The Kier molecular flexibility index (Phi) is 6.89. The third-order valence-corrected chi connectivity index (χ3v) is 4.51. The summed E-state index contributed by atoms with van der Waals surface area (Å²) in [6.07, 6.45) is 0. The molecule has 0 atom stereocenters. The number of hydrazone groups is 1. The first-order chi connectivity index (χ1) is 12.4. The number of rotatable bonds is 6. The number of halogens is 2. The zero-order chi connectivity index (χ0) is 19.3. The molecule has 0 saturated carbocycles. The number of aromatic hydroxyl groups is 1. The van der Waals surface area contributed by atoms with Gasteiger partial charge in [-0.05, 0) is 57.2 Å². The number of nitrogens with one attached hydrogen (secondary N) is 1. The Morgan fingerprint density at radius 3 is 2.35 bits per heavy atom. The van der Waals surface area contributed by atoms with Crippen LogP contribution in [-0.2, 0) is 0 Å². The maximum atomic E-state index is 12.3. The van der Waals surface area contributed by atoms with Crippen LogP contribution >= 0.6 is 23.2 Å². The molecule has 2 rings (SSSR count). The number of amides is 1. The minimum Gasteiger partial charge on any atom is -0.506 e. The third-order valence-electron chi connectivity index (χ3n) is 4.00. The van der Waals surface area contributed by atoms with Crippen LogP contribution in [0, 0.1) is 0 Å². The van der Waals surface area contributed by atoms with Crippen molar-refractivity contribution in [3.05, 3.63) is 57.6 Å². The van der Waals surface area contributed by atoms with Gasteiger partial charge in [0.05, 0.1) is 10.7 Å². The first-order valence-corrected chi connectivity index (χ1v) is 9.01. The van der Waals surface area contributed by atoms with Crippen molar-refractivity contribution in [2.24, 2.45) is 5.10 Å². The molecule has 0 aliphatic heterocycles. The molecule has 138 valence electrons. The Hall–Kier alpha value is -2.24.